The number of carbonyl (C=O) groups is 2. The molecule has 7 heteroatoms. The van der Waals surface area contributed by atoms with Crippen LogP contribution in [0.2, 0.25) is 5.02 Å². The molecule has 0 radical (unpaired) electrons. The number of ether oxygens (including phenoxy) is 2. The number of rotatable bonds is 6. The van der Waals surface area contributed by atoms with Crippen molar-refractivity contribution in [2.45, 2.75) is 39.2 Å². The van der Waals surface area contributed by atoms with E-state index in [0.29, 0.717) is 59.5 Å². The quantitative estimate of drug-likeness (QED) is 0.452. The van der Waals surface area contributed by atoms with Gasteiger partial charge in [-0.3, -0.25) is 9.59 Å². The number of nitrogens with zero attached hydrogens (tertiary/aromatic N) is 1. The molecular weight excluding hydrogens is 476 g/mol. The Balaban J connectivity index is 1.64. The zero-order valence-electron chi connectivity index (χ0n) is 20.6. The molecule has 0 saturated heterocycles. The summed E-state index contributed by atoms with van der Waals surface area (Å²) in [5.41, 5.74) is 4.79. The van der Waals surface area contributed by atoms with Gasteiger partial charge < -0.3 is 19.7 Å². The number of nitrogens with one attached hydrogen (secondary N) is 1. The summed E-state index contributed by atoms with van der Waals surface area (Å²) in [5, 5.41) is 3.51. The number of benzene rings is 3. The topological polar surface area (TPSA) is 67.9 Å². The van der Waals surface area contributed by atoms with Gasteiger partial charge in [0.2, 0.25) is 5.91 Å². The Bertz CT molecular complexity index is 1340. The fourth-order valence-corrected chi connectivity index (χ4v) is 5.57. The molecule has 6 nitrogen and oxygen atoms in total. The summed E-state index contributed by atoms with van der Waals surface area (Å²) in [5.74, 6) is 0.400. The second kappa shape index (κ2) is 9.86. The summed E-state index contributed by atoms with van der Waals surface area (Å²) in [6.07, 6.45) is 0.671. The Hall–Kier alpha value is -3.51. The van der Waals surface area contributed by atoms with Crippen LogP contribution in [0, 0.1) is 6.92 Å². The van der Waals surface area contributed by atoms with E-state index in [1.165, 1.54) is 0 Å². The SMILES string of the molecule is CCOc1cc2c(cc1OCC)C1C(C(=O)Nc3ccc(C)cc3Cl)c3ccccc3C(=O)N1CC2. The number of hydrogen-bond donors (Lipinski definition) is 1. The summed E-state index contributed by atoms with van der Waals surface area (Å²) in [4.78, 5) is 29.4. The number of aryl methyl sites for hydroxylation is 1. The number of anilines is 1. The predicted molar refractivity (Wildman–Crippen MR) is 140 cm³/mol. The van der Waals surface area contributed by atoms with Crippen molar-refractivity contribution in [3.05, 3.63) is 87.4 Å². The maximum Gasteiger partial charge on any atom is 0.254 e. The zero-order chi connectivity index (χ0) is 25.4. The average molecular weight is 505 g/mol. The fourth-order valence-electron chi connectivity index (χ4n) is 5.29. The van der Waals surface area contributed by atoms with E-state index in [1.54, 1.807) is 6.07 Å². The van der Waals surface area contributed by atoms with Crippen LogP contribution in [0.15, 0.2) is 54.6 Å². The van der Waals surface area contributed by atoms with Gasteiger partial charge in [0.25, 0.3) is 5.91 Å². The van der Waals surface area contributed by atoms with Crippen LogP contribution >= 0.6 is 11.6 Å². The molecule has 2 amide bonds. The van der Waals surface area contributed by atoms with Gasteiger partial charge >= 0.3 is 0 Å². The lowest BCUT2D eigenvalue weighted by molar-refractivity contribution is -0.119. The molecule has 0 aliphatic carbocycles. The normalized spacial score (nSPS) is 18.1. The molecule has 2 atom stereocenters. The van der Waals surface area contributed by atoms with Gasteiger partial charge in [0.1, 0.15) is 0 Å². The summed E-state index contributed by atoms with van der Waals surface area (Å²) >= 11 is 6.45. The monoisotopic (exact) mass is 504 g/mol. The largest absolute Gasteiger partial charge is 0.490 e. The van der Waals surface area contributed by atoms with Gasteiger partial charge in [-0.2, -0.15) is 0 Å². The Morgan fingerprint density at radius 1 is 1.03 bits per heavy atom. The number of amides is 2. The first-order valence-corrected chi connectivity index (χ1v) is 12.7. The number of carbonyl (C=O) groups excluding carboxylic acids is 2. The first kappa shape index (κ1) is 24.2. The van der Waals surface area contributed by atoms with E-state index in [9.17, 15) is 9.59 Å². The van der Waals surface area contributed by atoms with Crippen LogP contribution in [0.3, 0.4) is 0 Å². The smallest absolute Gasteiger partial charge is 0.254 e. The molecule has 0 aromatic heterocycles. The van der Waals surface area contributed by atoms with Crippen molar-refractivity contribution in [3.8, 4) is 11.5 Å². The molecule has 0 saturated carbocycles. The maximum atomic E-state index is 14.0. The second-order valence-electron chi connectivity index (χ2n) is 9.09. The standard InChI is InChI=1S/C29H29ClN2O4/c1-4-35-24-15-18-12-13-32-27(21(18)16-25(24)36-5-2)26(19-8-6-7-9-20(19)29(32)34)28(33)31-23-11-10-17(3)14-22(23)30/h6-11,14-16,26-27H,4-5,12-13H2,1-3H3,(H,31,33). The first-order valence-electron chi connectivity index (χ1n) is 12.3. The van der Waals surface area contributed by atoms with E-state index >= 15 is 0 Å². The lowest BCUT2D eigenvalue weighted by atomic mass is 9.75. The third-order valence-corrected chi connectivity index (χ3v) is 7.16. The van der Waals surface area contributed by atoms with Crippen molar-refractivity contribution in [3.63, 3.8) is 0 Å². The van der Waals surface area contributed by atoms with E-state index in [-0.39, 0.29) is 11.8 Å². The van der Waals surface area contributed by atoms with Crippen molar-refractivity contribution in [1.82, 2.24) is 4.90 Å². The average Bonchev–Trinajstić information content (AvgIpc) is 2.86. The number of hydrogen-bond acceptors (Lipinski definition) is 4. The van der Waals surface area contributed by atoms with Gasteiger partial charge in [0.05, 0.1) is 35.9 Å². The van der Waals surface area contributed by atoms with Gasteiger partial charge in [-0.05, 0) is 79.8 Å². The molecule has 2 aliphatic rings. The molecule has 1 N–H and O–H groups in total. The lowest BCUT2D eigenvalue weighted by Crippen LogP contribution is -2.49. The van der Waals surface area contributed by atoms with E-state index < -0.39 is 12.0 Å². The molecule has 186 valence electrons. The maximum absolute atomic E-state index is 14.0. The third-order valence-electron chi connectivity index (χ3n) is 6.85. The van der Waals surface area contributed by atoms with Crippen LogP contribution in [0.25, 0.3) is 0 Å². The summed E-state index contributed by atoms with van der Waals surface area (Å²) in [6.45, 7) is 7.31. The number of fused-ring (bicyclic) bond motifs is 4. The van der Waals surface area contributed by atoms with Crippen molar-refractivity contribution < 1.29 is 19.1 Å². The zero-order valence-corrected chi connectivity index (χ0v) is 21.4. The van der Waals surface area contributed by atoms with Gasteiger partial charge in [-0.1, -0.05) is 35.9 Å². The van der Waals surface area contributed by atoms with Crippen LogP contribution in [0.1, 0.15) is 58.4 Å². The minimum absolute atomic E-state index is 0.0643. The highest BCUT2D eigenvalue weighted by atomic mass is 35.5. The molecule has 36 heavy (non-hydrogen) atoms. The first-order chi connectivity index (χ1) is 17.4. The molecule has 3 aromatic rings. The van der Waals surface area contributed by atoms with Crippen LogP contribution in [-0.2, 0) is 11.2 Å². The molecule has 2 heterocycles. The predicted octanol–water partition coefficient (Wildman–Crippen LogP) is 5.92. The van der Waals surface area contributed by atoms with E-state index in [4.69, 9.17) is 21.1 Å². The molecule has 2 unspecified atom stereocenters. The third kappa shape index (κ3) is 4.20. The molecular formula is C29H29ClN2O4. The summed E-state index contributed by atoms with van der Waals surface area (Å²) < 4.78 is 11.7. The van der Waals surface area contributed by atoms with Crippen LogP contribution in [0.5, 0.6) is 11.5 Å². The molecule has 5 rings (SSSR count). The molecule has 0 spiro atoms. The summed E-state index contributed by atoms with van der Waals surface area (Å²) in [6, 6.07) is 16.4. The highest BCUT2D eigenvalue weighted by Gasteiger charge is 2.46. The fraction of sp³-hybridized carbons (Fsp3) is 0.310. The van der Waals surface area contributed by atoms with Crippen molar-refractivity contribution in [2.75, 3.05) is 25.1 Å². The molecule has 2 aliphatic heterocycles. The minimum Gasteiger partial charge on any atom is -0.490 e. The van der Waals surface area contributed by atoms with Gasteiger partial charge in [0.15, 0.2) is 11.5 Å². The minimum atomic E-state index is -0.622. The second-order valence-corrected chi connectivity index (χ2v) is 9.50. The van der Waals surface area contributed by atoms with Gasteiger partial charge in [-0.25, -0.2) is 0 Å². The van der Waals surface area contributed by atoms with E-state index in [0.717, 1.165) is 16.7 Å². The Morgan fingerprint density at radius 2 is 1.75 bits per heavy atom. The van der Waals surface area contributed by atoms with Gasteiger partial charge in [-0.15, -0.1) is 0 Å². The molecule has 3 aromatic carbocycles. The van der Waals surface area contributed by atoms with E-state index in [1.807, 2.05) is 74.2 Å². The van der Waals surface area contributed by atoms with Crippen LogP contribution in [-0.4, -0.2) is 36.5 Å². The Labute approximate surface area is 216 Å². The van der Waals surface area contributed by atoms with Gasteiger partial charge in [0, 0.05) is 12.1 Å². The van der Waals surface area contributed by atoms with Crippen LogP contribution < -0.4 is 14.8 Å². The molecule has 0 bridgehead atoms. The number of halogens is 1. The highest BCUT2D eigenvalue weighted by molar-refractivity contribution is 6.33. The molecule has 0 fully saturated rings. The highest BCUT2D eigenvalue weighted by Crippen LogP contribution is 2.48. The van der Waals surface area contributed by atoms with E-state index in [2.05, 4.69) is 5.32 Å². The van der Waals surface area contributed by atoms with Crippen molar-refractivity contribution >= 4 is 29.1 Å². The lowest BCUT2D eigenvalue weighted by Gasteiger charge is -2.45. The van der Waals surface area contributed by atoms with Crippen LogP contribution in [0.4, 0.5) is 5.69 Å². The Kier molecular flexibility index (Phi) is 6.63. The Morgan fingerprint density at radius 3 is 2.47 bits per heavy atom. The summed E-state index contributed by atoms with van der Waals surface area (Å²) in [7, 11) is 0. The van der Waals surface area contributed by atoms with Crippen molar-refractivity contribution in [1.29, 1.82) is 0 Å². The van der Waals surface area contributed by atoms with Crippen molar-refractivity contribution in [2.24, 2.45) is 0 Å².